The Kier molecular flexibility index (Phi) is 5.08. The standard InChI is InChI=1S/C27H28N2O5/c30-25(29-12-20-21(13-29)24(20)26(31)32)19-10-5-11-23(19)28-27(33)34-14-22-17-8-3-1-6-15(17)16-7-2-4-9-18(16)22/h1-4,6-9,19-24H,5,10-14H2,(H,28,33)(H,31,32)/t19-,20-,21+,23+,24?/m1/s1. The van der Waals surface area contributed by atoms with E-state index in [1.54, 1.807) is 4.90 Å². The first-order valence-electron chi connectivity index (χ1n) is 12.2. The van der Waals surface area contributed by atoms with Gasteiger partial charge in [0.2, 0.25) is 5.91 Å². The normalized spacial score (nSPS) is 28.7. The molecule has 1 unspecified atom stereocenters. The lowest BCUT2D eigenvalue weighted by atomic mass is 9.98. The van der Waals surface area contributed by atoms with Gasteiger partial charge in [-0.05, 0) is 46.9 Å². The molecule has 0 bridgehead atoms. The molecule has 34 heavy (non-hydrogen) atoms. The van der Waals surface area contributed by atoms with E-state index in [1.807, 2.05) is 24.3 Å². The number of benzene rings is 2. The van der Waals surface area contributed by atoms with E-state index < -0.39 is 12.1 Å². The van der Waals surface area contributed by atoms with Crippen LogP contribution in [0.4, 0.5) is 4.79 Å². The number of hydrogen-bond donors (Lipinski definition) is 2. The molecule has 3 fully saturated rings. The van der Waals surface area contributed by atoms with Crippen LogP contribution in [0.5, 0.6) is 0 Å². The topological polar surface area (TPSA) is 95.9 Å². The second-order valence-corrected chi connectivity index (χ2v) is 10.0. The van der Waals surface area contributed by atoms with Crippen LogP contribution in [0.25, 0.3) is 11.1 Å². The van der Waals surface area contributed by atoms with Gasteiger partial charge in [-0.25, -0.2) is 4.79 Å². The summed E-state index contributed by atoms with van der Waals surface area (Å²) in [5.74, 6) is -1.08. The minimum atomic E-state index is -0.752. The first kappa shape index (κ1) is 21.2. The van der Waals surface area contributed by atoms with Gasteiger partial charge in [-0.3, -0.25) is 9.59 Å². The average Bonchev–Trinajstić information content (AvgIpc) is 3.19. The number of hydrogen-bond acceptors (Lipinski definition) is 4. The van der Waals surface area contributed by atoms with Gasteiger partial charge in [-0.1, -0.05) is 55.0 Å². The number of piperidine rings is 1. The molecule has 1 aliphatic heterocycles. The zero-order chi connectivity index (χ0) is 23.4. The van der Waals surface area contributed by atoms with Gasteiger partial charge in [0.1, 0.15) is 6.61 Å². The van der Waals surface area contributed by atoms with Crippen molar-refractivity contribution < 1.29 is 24.2 Å². The Bertz CT molecular complexity index is 1110. The Morgan fingerprint density at radius 1 is 0.941 bits per heavy atom. The first-order chi connectivity index (χ1) is 16.5. The molecule has 2 saturated carbocycles. The highest BCUT2D eigenvalue weighted by Crippen LogP contribution is 2.52. The van der Waals surface area contributed by atoms with Crippen molar-refractivity contribution in [1.82, 2.24) is 10.2 Å². The Morgan fingerprint density at radius 3 is 2.18 bits per heavy atom. The Labute approximate surface area is 198 Å². The van der Waals surface area contributed by atoms with Gasteiger partial charge >= 0.3 is 12.1 Å². The summed E-state index contributed by atoms with van der Waals surface area (Å²) < 4.78 is 5.68. The Balaban J connectivity index is 1.06. The summed E-state index contributed by atoms with van der Waals surface area (Å²) in [6.07, 6.45) is 1.88. The van der Waals surface area contributed by atoms with E-state index in [4.69, 9.17) is 4.74 Å². The van der Waals surface area contributed by atoms with Crippen molar-refractivity contribution in [2.24, 2.45) is 23.7 Å². The number of carbonyl (C=O) groups excluding carboxylic acids is 2. The fourth-order valence-corrected chi connectivity index (χ4v) is 6.53. The third-order valence-corrected chi connectivity index (χ3v) is 8.27. The predicted molar refractivity (Wildman–Crippen MR) is 124 cm³/mol. The van der Waals surface area contributed by atoms with Crippen LogP contribution < -0.4 is 5.32 Å². The zero-order valence-corrected chi connectivity index (χ0v) is 18.9. The molecule has 0 radical (unpaired) electrons. The summed E-state index contributed by atoms with van der Waals surface area (Å²) in [5.41, 5.74) is 4.69. The van der Waals surface area contributed by atoms with Gasteiger partial charge in [0.25, 0.3) is 0 Å². The van der Waals surface area contributed by atoms with Crippen molar-refractivity contribution in [2.75, 3.05) is 19.7 Å². The van der Waals surface area contributed by atoms with Crippen LogP contribution in [-0.4, -0.2) is 53.7 Å². The number of nitrogens with one attached hydrogen (secondary N) is 1. The highest BCUT2D eigenvalue weighted by atomic mass is 16.5. The molecule has 2 aromatic carbocycles. The number of carbonyl (C=O) groups is 3. The van der Waals surface area contributed by atoms with Crippen LogP contribution in [0.2, 0.25) is 0 Å². The molecule has 2 aromatic rings. The van der Waals surface area contributed by atoms with Gasteiger partial charge < -0.3 is 20.1 Å². The van der Waals surface area contributed by atoms with Crippen molar-refractivity contribution in [3.8, 4) is 11.1 Å². The first-order valence-corrected chi connectivity index (χ1v) is 12.2. The van der Waals surface area contributed by atoms with Gasteiger partial charge in [0.15, 0.2) is 0 Å². The molecule has 1 heterocycles. The Hall–Kier alpha value is -3.35. The van der Waals surface area contributed by atoms with Crippen molar-refractivity contribution in [1.29, 1.82) is 0 Å². The van der Waals surface area contributed by atoms with Crippen LogP contribution in [0, 0.1) is 23.7 Å². The molecule has 3 aliphatic carbocycles. The molecular formula is C27H28N2O5. The van der Waals surface area contributed by atoms with E-state index >= 15 is 0 Å². The van der Waals surface area contributed by atoms with Gasteiger partial charge in [-0.2, -0.15) is 0 Å². The second kappa shape index (κ2) is 8.15. The molecule has 7 heteroatoms. The molecule has 4 aliphatic rings. The molecule has 1 saturated heterocycles. The van der Waals surface area contributed by atoms with Gasteiger partial charge in [0, 0.05) is 25.0 Å². The zero-order valence-electron chi connectivity index (χ0n) is 18.9. The lowest BCUT2D eigenvalue weighted by Crippen LogP contribution is -2.46. The molecule has 2 N–H and O–H groups in total. The van der Waals surface area contributed by atoms with E-state index in [0.717, 1.165) is 30.4 Å². The van der Waals surface area contributed by atoms with Crippen molar-refractivity contribution in [3.05, 3.63) is 59.7 Å². The molecule has 0 spiro atoms. The van der Waals surface area contributed by atoms with Gasteiger partial charge in [-0.15, -0.1) is 0 Å². The molecule has 2 amide bonds. The monoisotopic (exact) mass is 460 g/mol. The lowest BCUT2D eigenvalue weighted by Gasteiger charge is -2.27. The van der Waals surface area contributed by atoms with E-state index in [0.29, 0.717) is 13.1 Å². The third-order valence-electron chi connectivity index (χ3n) is 8.27. The number of carboxylic acids is 1. The highest BCUT2D eigenvalue weighted by Gasteiger charge is 2.61. The fraction of sp³-hybridized carbons (Fsp3) is 0.444. The van der Waals surface area contributed by atoms with Crippen molar-refractivity contribution in [3.63, 3.8) is 0 Å². The number of amides is 2. The molecule has 0 aromatic heterocycles. The quantitative estimate of drug-likeness (QED) is 0.712. The van der Waals surface area contributed by atoms with Gasteiger partial charge in [0.05, 0.1) is 11.8 Å². The van der Waals surface area contributed by atoms with Crippen LogP contribution in [-0.2, 0) is 14.3 Å². The number of nitrogens with zero attached hydrogens (tertiary/aromatic N) is 1. The summed E-state index contributed by atoms with van der Waals surface area (Å²) in [4.78, 5) is 38.8. The number of carboxylic acid groups (broad SMARTS) is 1. The maximum absolute atomic E-state index is 13.1. The second-order valence-electron chi connectivity index (χ2n) is 10.0. The number of fused-ring (bicyclic) bond motifs is 4. The number of ether oxygens (including phenoxy) is 1. The van der Waals surface area contributed by atoms with E-state index in [1.165, 1.54) is 11.1 Å². The summed E-state index contributed by atoms with van der Waals surface area (Å²) in [6, 6.07) is 16.2. The Morgan fingerprint density at radius 2 is 1.56 bits per heavy atom. The molecular weight excluding hydrogens is 432 g/mol. The summed E-state index contributed by atoms with van der Waals surface area (Å²) >= 11 is 0. The van der Waals surface area contributed by atoms with Crippen LogP contribution in [0.1, 0.15) is 36.3 Å². The fourth-order valence-electron chi connectivity index (χ4n) is 6.53. The third kappa shape index (κ3) is 3.45. The van der Waals surface area contributed by atoms with Crippen molar-refractivity contribution in [2.45, 2.75) is 31.2 Å². The highest BCUT2D eigenvalue weighted by molar-refractivity contribution is 5.83. The maximum Gasteiger partial charge on any atom is 0.407 e. The van der Waals surface area contributed by atoms with E-state index in [9.17, 15) is 19.5 Å². The van der Waals surface area contributed by atoms with Crippen LogP contribution in [0.15, 0.2) is 48.5 Å². The summed E-state index contributed by atoms with van der Waals surface area (Å²) in [6.45, 7) is 1.29. The average molecular weight is 461 g/mol. The van der Waals surface area contributed by atoms with Crippen LogP contribution in [0.3, 0.4) is 0 Å². The predicted octanol–water partition coefficient (Wildman–Crippen LogP) is 3.48. The van der Waals surface area contributed by atoms with E-state index in [2.05, 4.69) is 29.6 Å². The molecule has 6 rings (SSSR count). The smallest absolute Gasteiger partial charge is 0.407 e. The number of likely N-dealkylation sites (tertiary alicyclic amines) is 1. The molecule has 5 atom stereocenters. The maximum atomic E-state index is 13.1. The number of aliphatic carboxylic acids is 1. The van der Waals surface area contributed by atoms with E-state index in [-0.39, 0.29) is 48.1 Å². The minimum Gasteiger partial charge on any atom is -0.481 e. The number of alkyl carbamates (subject to hydrolysis) is 1. The minimum absolute atomic E-state index is 0.00216. The summed E-state index contributed by atoms with van der Waals surface area (Å²) in [5, 5.41) is 12.2. The molecule has 7 nitrogen and oxygen atoms in total. The van der Waals surface area contributed by atoms with Crippen LogP contribution >= 0.6 is 0 Å². The van der Waals surface area contributed by atoms with Crippen molar-refractivity contribution >= 4 is 18.0 Å². The lowest BCUT2D eigenvalue weighted by molar-refractivity contribution is -0.142. The molecule has 176 valence electrons. The summed E-state index contributed by atoms with van der Waals surface area (Å²) in [7, 11) is 0. The SMILES string of the molecule is O=C(N[C@H]1CCC[C@H]1C(=O)N1C[C@@H]2C(C(=O)O)[C@@H]2C1)OCC1c2ccccc2-c2ccccc21. The number of rotatable bonds is 5. The largest absolute Gasteiger partial charge is 0.481 e.